The van der Waals surface area contributed by atoms with E-state index in [9.17, 15) is 14.7 Å². The number of imidazole rings is 1. The molecule has 12 nitrogen and oxygen atoms in total. The molecule has 5 rings (SSSR count). The minimum atomic E-state index is -1.04. The summed E-state index contributed by atoms with van der Waals surface area (Å²) in [6.07, 6.45) is 0.306. The maximum Gasteiger partial charge on any atom is 0.521 e. The Morgan fingerprint density at radius 3 is 2.49 bits per heavy atom. The highest BCUT2D eigenvalue weighted by Crippen LogP contribution is 2.30. The van der Waals surface area contributed by atoms with Crippen molar-refractivity contribution in [2.75, 3.05) is 0 Å². The van der Waals surface area contributed by atoms with Crippen LogP contribution in [-0.4, -0.2) is 41.3 Å². The van der Waals surface area contributed by atoms with E-state index < -0.39 is 17.9 Å². The van der Waals surface area contributed by atoms with Crippen molar-refractivity contribution in [1.29, 1.82) is 0 Å². The maximum atomic E-state index is 13.3. The molecule has 5 aromatic rings. The molecule has 0 bridgehead atoms. The van der Waals surface area contributed by atoms with E-state index in [0.717, 1.165) is 28.7 Å². The zero-order chi connectivity index (χ0) is 27.5. The number of aromatic amines is 1. The van der Waals surface area contributed by atoms with Gasteiger partial charge in [0, 0.05) is 25.5 Å². The molecule has 1 unspecified atom stereocenters. The first-order valence-electron chi connectivity index (χ1n) is 12.4. The average molecular weight is 531 g/mol. The molecule has 0 spiro atoms. The van der Waals surface area contributed by atoms with E-state index in [1.165, 1.54) is 13.8 Å². The Hall–Kier alpha value is -4.84. The van der Waals surface area contributed by atoms with Crippen molar-refractivity contribution in [2.24, 2.45) is 0 Å². The van der Waals surface area contributed by atoms with Gasteiger partial charge in [-0.2, -0.15) is 5.21 Å². The van der Waals surface area contributed by atoms with Crippen LogP contribution in [-0.2, 0) is 13.0 Å². The van der Waals surface area contributed by atoms with Crippen LogP contribution < -0.4 is 10.6 Å². The Morgan fingerprint density at radius 1 is 1.13 bits per heavy atom. The molecule has 3 heterocycles. The van der Waals surface area contributed by atoms with Crippen molar-refractivity contribution in [2.45, 2.75) is 46.3 Å². The predicted molar refractivity (Wildman–Crippen MR) is 138 cm³/mol. The van der Waals surface area contributed by atoms with E-state index in [1.807, 2.05) is 55.5 Å². The molecule has 3 aromatic heterocycles. The predicted octanol–water partition coefficient (Wildman–Crippen LogP) is 3.86. The van der Waals surface area contributed by atoms with Gasteiger partial charge in [0.05, 0.1) is 6.10 Å². The number of carbonyl (C=O) groups excluding carboxylic acids is 1. The van der Waals surface area contributed by atoms with Crippen LogP contribution in [0.3, 0.4) is 0 Å². The fraction of sp³-hybridized carbons (Fsp3) is 0.259. The maximum absolute atomic E-state index is 13.3. The first kappa shape index (κ1) is 25.8. The third-order valence-corrected chi connectivity index (χ3v) is 6.14. The molecule has 1 atom stereocenters. The molecular formula is C27H26N6O6. The number of aliphatic hydroxyl groups is 1. The fourth-order valence-corrected chi connectivity index (χ4v) is 4.35. The molecule has 200 valence electrons. The van der Waals surface area contributed by atoms with Gasteiger partial charge in [-0.1, -0.05) is 55.5 Å². The van der Waals surface area contributed by atoms with Gasteiger partial charge in [0.1, 0.15) is 11.5 Å². The Balaban J connectivity index is 1.50. The number of carbonyl (C=O) groups is 1. The van der Waals surface area contributed by atoms with Crippen molar-refractivity contribution in [3.8, 4) is 28.5 Å². The number of ether oxygens (including phenoxy) is 1. The summed E-state index contributed by atoms with van der Waals surface area (Å²) in [6, 6.07) is 15.6. The zero-order valence-electron chi connectivity index (χ0n) is 21.5. The van der Waals surface area contributed by atoms with E-state index in [-0.39, 0.29) is 23.1 Å². The lowest BCUT2D eigenvalue weighted by Crippen LogP contribution is -2.19. The Morgan fingerprint density at radius 2 is 1.87 bits per heavy atom. The van der Waals surface area contributed by atoms with Crippen molar-refractivity contribution >= 4 is 5.97 Å². The van der Waals surface area contributed by atoms with E-state index in [4.69, 9.17) is 13.6 Å². The Kier molecular flexibility index (Phi) is 7.19. The molecule has 2 aromatic carbocycles. The van der Waals surface area contributed by atoms with Gasteiger partial charge in [0.25, 0.3) is 0 Å². The minimum Gasteiger partial charge on any atom is -0.392 e. The van der Waals surface area contributed by atoms with E-state index >= 15 is 0 Å². The molecule has 12 heteroatoms. The number of H-pyrrole nitrogens is 1. The second-order valence-corrected chi connectivity index (χ2v) is 8.94. The van der Waals surface area contributed by atoms with Gasteiger partial charge in [0.15, 0.2) is 11.5 Å². The Bertz CT molecular complexity index is 1650. The lowest BCUT2D eigenvalue weighted by atomic mass is 9.98. The molecule has 0 saturated heterocycles. The third kappa shape index (κ3) is 5.27. The van der Waals surface area contributed by atoms with Crippen molar-refractivity contribution < 1.29 is 23.5 Å². The number of tetrazole rings is 1. The lowest BCUT2D eigenvalue weighted by molar-refractivity contribution is 0.0670. The topological polar surface area (TPSA) is 162 Å². The van der Waals surface area contributed by atoms with Crippen LogP contribution in [0.5, 0.6) is 5.95 Å². The molecule has 0 amide bonds. The molecule has 0 aliphatic rings. The summed E-state index contributed by atoms with van der Waals surface area (Å²) in [5.74, 6) is -0.988. The highest BCUT2D eigenvalue weighted by Gasteiger charge is 2.28. The number of nitrogens with zero attached hydrogens (tertiary/aromatic N) is 5. The smallest absolute Gasteiger partial charge is 0.392 e. The number of aromatic nitrogens is 6. The van der Waals surface area contributed by atoms with Crippen molar-refractivity contribution in [3.63, 3.8) is 0 Å². The summed E-state index contributed by atoms with van der Waals surface area (Å²) < 4.78 is 16.7. The van der Waals surface area contributed by atoms with E-state index in [0.29, 0.717) is 24.6 Å². The van der Waals surface area contributed by atoms with Crippen molar-refractivity contribution in [1.82, 2.24) is 30.2 Å². The number of hydrogen-bond acceptors (Lipinski definition) is 10. The molecule has 0 aliphatic heterocycles. The molecule has 0 aliphatic carbocycles. The third-order valence-electron chi connectivity index (χ3n) is 6.14. The van der Waals surface area contributed by atoms with Gasteiger partial charge >= 0.3 is 17.7 Å². The first-order chi connectivity index (χ1) is 18.9. The van der Waals surface area contributed by atoms with Gasteiger partial charge in [0.2, 0.25) is 5.82 Å². The number of aryl methyl sites for hydroxylation is 2. The van der Waals surface area contributed by atoms with E-state index in [1.54, 1.807) is 4.57 Å². The van der Waals surface area contributed by atoms with Crippen LogP contribution in [0.2, 0.25) is 0 Å². The summed E-state index contributed by atoms with van der Waals surface area (Å²) in [7, 11) is 0. The number of hydrogen-bond donors (Lipinski definition) is 2. The highest BCUT2D eigenvalue weighted by molar-refractivity contribution is 5.90. The van der Waals surface area contributed by atoms with Crippen LogP contribution in [0.4, 0.5) is 0 Å². The monoisotopic (exact) mass is 530 g/mol. The van der Waals surface area contributed by atoms with Gasteiger partial charge in [-0.25, -0.2) is 14.6 Å². The quantitative estimate of drug-likeness (QED) is 0.268. The van der Waals surface area contributed by atoms with Gasteiger partial charge < -0.3 is 23.2 Å². The van der Waals surface area contributed by atoms with Crippen LogP contribution in [0.15, 0.2) is 62.2 Å². The first-order valence-corrected chi connectivity index (χ1v) is 12.4. The SMILES string of the molecule is CCCc1nc(C(C)O)c(C(=O)Oc2oc(=O)oc2C)n1Cc1ccc(-c2ccccc2-c2nn[nH]n2)cc1. The molecule has 0 radical (unpaired) electrons. The van der Waals surface area contributed by atoms with Gasteiger partial charge in [-0.3, -0.25) is 0 Å². The van der Waals surface area contributed by atoms with Crippen LogP contribution in [0.1, 0.15) is 59.7 Å². The molecule has 0 fully saturated rings. The number of esters is 1. The number of benzene rings is 2. The number of nitrogens with one attached hydrogen (secondary N) is 1. The highest BCUT2D eigenvalue weighted by atomic mass is 16.7. The normalized spacial score (nSPS) is 12.0. The summed E-state index contributed by atoms with van der Waals surface area (Å²) in [6.45, 7) is 5.26. The largest absolute Gasteiger partial charge is 0.521 e. The molecule has 0 saturated carbocycles. The van der Waals surface area contributed by atoms with Crippen LogP contribution in [0, 0.1) is 6.92 Å². The average Bonchev–Trinajstić information content (AvgIpc) is 3.65. The van der Waals surface area contributed by atoms with Gasteiger partial charge in [-0.15, -0.1) is 10.2 Å². The van der Waals surface area contributed by atoms with Crippen molar-refractivity contribution in [3.05, 3.63) is 87.7 Å². The van der Waals surface area contributed by atoms with Gasteiger partial charge in [-0.05, 0) is 35.2 Å². The summed E-state index contributed by atoms with van der Waals surface area (Å²) in [5, 5.41) is 24.8. The molecule has 2 N–H and O–H groups in total. The summed E-state index contributed by atoms with van der Waals surface area (Å²) in [4.78, 5) is 29.3. The summed E-state index contributed by atoms with van der Waals surface area (Å²) >= 11 is 0. The Labute approximate surface area is 222 Å². The molecule has 39 heavy (non-hydrogen) atoms. The lowest BCUT2D eigenvalue weighted by Gasteiger charge is -2.13. The van der Waals surface area contributed by atoms with Crippen LogP contribution in [0.25, 0.3) is 22.5 Å². The minimum absolute atomic E-state index is 0.0310. The summed E-state index contributed by atoms with van der Waals surface area (Å²) in [5.41, 5.74) is 3.88. The van der Waals surface area contributed by atoms with Crippen LogP contribution >= 0.6 is 0 Å². The second-order valence-electron chi connectivity index (χ2n) is 8.94. The standard InChI is InChI=1S/C27H26N6O6/c1-4-7-21-28-22(15(2)34)23(25(35)38-26-16(3)37-27(36)39-26)33(21)14-17-10-12-18(13-11-17)19-8-5-6-9-20(19)24-29-31-32-30-24/h5-6,8-13,15,34H,4,7,14H2,1-3H3,(H,29,30,31,32). The molecular weight excluding hydrogens is 504 g/mol. The number of rotatable bonds is 9. The van der Waals surface area contributed by atoms with E-state index in [2.05, 4.69) is 25.6 Å². The number of aliphatic hydroxyl groups excluding tert-OH is 1. The fourth-order valence-electron chi connectivity index (χ4n) is 4.35. The zero-order valence-corrected chi connectivity index (χ0v) is 21.5. The second kappa shape index (κ2) is 10.9.